The lowest BCUT2D eigenvalue weighted by Gasteiger charge is -2.20. The zero-order chi connectivity index (χ0) is 13.1. The molecule has 1 rings (SSSR count). The van der Waals surface area contributed by atoms with Gasteiger partial charge in [0.05, 0.1) is 4.90 Å². The van der Waals surface area contributed by atoms with Crippen LogP contribution in [-0.2, 0) is 9.84 Å². The first-order valence-electron chi connectivity index (χ1n) is 5.56. The van der Waals surface area contributed by atoms with Crippen molar-refractivity contribution >= 4 is 9.84 Å². The number of benzene rings is 1. The molecule has 2 atom stereocenters. The van der Waals surface area contributed by atoms with Gasteiger partial charge >= 0.3 is 0 Å². The molecule has 1 aromatic rings. The van der Waals surface area contributed by atoms with Crippen molar-refractivity contribution in [2.75, 3.05) is 12.9 Å². The van der Waals surface area contributed by atoms with Crippen LogP contribution in [0.4, 0.5) is 0 Å². The number of nitrogens with two attached hydrogens (primary N) is 1. The van der Waals surface area contributed by atoms with Crippen LogP contribution < -0.4 is 5.73 Å². The van der Waals surface area contributed by atoms with Gasteiger partial charge in [0.1, 0.15) is 0 Å². The highest BCUT2D eigenvalue weighted by Crippen LogP contribution is 2.23. The summed E-state index contributed by atoms with van der Waals surface area (Å²) in [6.45, 7) is 2.00. The molecule has 5 heteroatoms. The van der Waals surface area contributed by atoms with Gasteiger partial charge in [-0.2, -0.15) is 0 Å². The van der Waals surface area contributed by atoms with Crippen molar-refractivity contribution in [3.8, 4) is 0 Å². The summed E-state index contributed by atoms with van der Waals surface area (Å²) in [6, 6.07) is 6.25. The maximum Gasteiger partial charge on any atom is 0.175 e. The Hall–Kier alpha value is -0.910. The van der Waals surface area contributed by atoms with Gasteiger partial charge in [-0.3, -0.25) is 0 Å². The van der Waals surface area contributed by atoms with Gasteiger partial charge < -0.3 is 10.8 Å². The first-order valence-corrected chi connectivity index (χ1v) is 7.45. The molecule has 0 fully saturated rings. The maximum atomic E-state index is 11.3. The SMILES string of the molecule is CCC(CO)C(N)c1ccc(S(C)(=O)=O)cc1. The van der Waals surface area contributed by atoms with Crippen molar-refractivity contribution in [1.82, 2.24) is 0 Å². The Morgan fingerprint density at radius 3 is 2.18 bits per heavy atom. The standard InChI is InChI=1S/C12H19NO3S/c1-3-9(8-14)12(13)10-4-6-11(7-5-10)17(2,15)16/h4-7,9,12,14H,3,8,13H2,1-2H3. The Labute approximate surface area is 102 Å². The number of sulfone groups is 1. The Morgan fingerprint density at radius 1 is 1.29 bits per heavy atom. The van der Waals surface area contributed by atoms with Crippen molar-refractivity contribution in [1.29, 1.82) is 0 Å². The highest BCUT2D eigenvalue weighted by molar-refractivity contribution is 7.90. The highest BCUT2D eigenvalue weighted by Gasteiger charge is 2.17. The molecule has 96 valence electrons. The molecule has 0 spiro atoms. The summed E-state index contributed by atoms with van der Waals surface area (Å²) in [5.41, 5.74) is 6.86. The van der Waals surface area contributed by atoms with Gasteiger partial charge in [-0.05, 0) is 24.1 Å². The molecule has 0 aliphatic carbocycles. The van der Waals surface area contributed by atoms with E-state index in [4.69, 9.17) is 10.8 Å². The van der Waals surface area contributed by atoms with E-state index >= 15 is 0 Å². The Balaban J connectivity index is 2.95. The summed E-state index contributed by atoms with van der Waals surface area (Å²) in [5, 5.41) is 9.17. The van der Waals surface area contributed by atoms with Crippen molar-refractivity contribution in [3.63, 3.8) is 0 Å². The molecular weight excluding hydrogens is 238 g/mol. The quantitative estimate of drug-likeness (QED) is 0.828. The third kappa shape index (κ3) is 3.52. The summed E-state index contributed by atoms with van der Waals surface area (Å²) >= 11 is 0. The van der Waals surface area contributed by atoms with Crippen LogP contribution in [0.15, 0.2) is 29.2 Å². The second kappa shape index (κ2) is 5.62. The first-order chi connectivity index (χ1) is 7.90. The van der Waals surface area contributed by atoms with Crippen molar-refractivity contribution in [2.24, 2.45) is 11.7 Å². The largest absolute Gasteiger partial charge is 0.396 e. The van der Waals surface area contributed by atoms with E-state index in [-0.39, 0.29) is 23.5 Å². The van der Waals surface area contributed by atoms with E-state index in [1.165, 1.54) is 6.26 Å². The molecule has 3 N–H and O–H groups in total. The Bertz CT molecular complexity index is 449. The predicted octanol–water partition coefficient (Wildman–Crippen LogP) is 1.11. The monoisotopic (exact) mass is 257 g/mol. The fourth-order valence-electron chi connectivity index (χ4n) is 1.71. The van der Waals surface area contributed by atoms with Gasteiger partial charge in [0.15, 0.2) is 9.84 Å². The average molecular weight is 257 g/mol. The minimum absolute atomic E-state index is 0.000848. The smallest absolute Gasteiger partial charge is 0.175 e. The summed E-state index contributed by atoms with van der Waals surface area (Å²) in [4.78, 5) is 0.283. The molecule has 0 saturated heterocycles. The van der Waals surface area contributed by atoms with E-state index in [0.717, 1.165) is 12.0 Å². The Kier molecular flexibility index (Phi) is 4.68. The average Bonchev–Trinajstić information content (AvgIpc) is 2.29. The third-order valence-corrected chi connectivity index (χ3v) is 4.09. The van der Waals surface area contributed by atoms with Gasteiger partial charge in [-0.25, -0.2) is 8.42 Å². The Morgan fingerprint density at radius 2 is 1.82 bits per heavy atom. The molecule has 0 heterocycles. The number of aliphatic hydroxyl groups excluding tert-OH is 1. The van der Waals surface area contributed by atoms with E-state index < -0.39 is 9.84 Å². The number of rotatable bonds is 5. The second-order valence-electron chi connectivity index (χ2n) is 4.22. The van der Waals surface area contributed by atoms with Crippen LogP contribution in [0.25, 0.3) is 0 Å². The van der Waals surface area contributed by atoms with E-state index in [1.807, 2.05) is 6.92 Å². The van der Waals surface area contributed by atoms with E-state index in [1.54, 1.807) is 24.3 Å². The van der Waals surface area contributed by atoms with Crippen LogP contribution >= 0.6 is 0 Å². The fraction of sp³-hybridized carbons (Fsp3) is 0.500. The molecule has 0 bridgehead atoms. The van der Waals surface area contributed by atoms with Crippen LogP contribution in [0.5, 0.6) is 0 Å². The fourth-order valence-corrected chi connectivity index (χ4v) is 2.34. The third-order valence-electron chi connectivity index (χ3n) is 2.96. The lowest BCUT2D eigenvalue weighted by molar-refractivity contribution is 0.200. The molecule has 0 radical (unpaired) electrons. The molecule has 17 heavy (non-hydrogen) atoms. The molecule has 0 saturated carbocycles. The molecule has 2 unspecified atom stereocenters. The minimum atomic E-state index is -3.17. The highest BCUT2D eigenvalue weighted by atomic mass is 32.2. The number of hydrogen-bond acceptors (Lipinski definition) is 4. The maximum absolute atomic E-state index is 11.3. The van der Waals surface area contributed by atoms with Gasteiger partial charge in [0.25, 0.3) is 0 Å². The van der Waals surface area contributed by atoms with Gasteiger partial charge in [-0.1, -0.05) is 19.1 Å². The lowest BCUT2D eigenvalue weighted by Crippen LogP contribution is -2.23. The summed E-state index contributed by atoms with van der Waals surface area (Å²) in [7, 11) is -3.17. The lowest BCUT2D eigenvalue weighted by atomic mass is 9.92. The van der Waals surface area contributed by atoms with E-state index in [9.17, 15) is 8.42 Å². The van der Waals surface area contributed by atoms with Gasteiger partial charge in [0, 0.05) is 24.8 Å². The molecule has 1 aromatic carbocycles. The molecule has 0 aromatic heterocycles. The van der Waals surface area contributed by atoms with Crippen LogP contribution in [0.2, 0.25) is 0 Å². The van der Waals surface area contributed by atoms with Crippen molar-refractivity contribution in [3.05, 3.63) is 29.8 Å². The van der Waals surface area contributed by atoms with Crippen LogP contribution in [-0.4, -0.2) is 26.4 Å². The van der Waals surface area contributed by atoms with E-state index in [2.05, 4.69) is 0 Å². The summed E-state index contributed by atoms with van der Waals surface area (Å²) in [6.07, 6.45) is 1.95. The predicted molar refractivity (Wildman–Crippen MR) is 67.3 cm³/mol. The van der Waals surface area contributed by atoms with Crippen LogP contribution in [0.3, 0.4) is 0 Å². The van der Waals surface area contributed by atoms with Crippen LogP contribution in [0, 0.1) is 5.92 Å². The topological polar surface area (TPSA) is 80.4 Å². The number of hydrogen-bond donors (Lipinski definition) is 2. The molecule has 4 nitrogen and oxygen atoms in total. The summed E-state index contributed by atoms with van der Waals surface area (Å²) < 4.78 is 22.6. The summed E-state index contributed by atoms with van der Waals surface area (Å²) in [5.74, 6) is -0.000848. The van der Waals surface area contributed by atoms with E-state index in [0.29, 0.717) is 0 Å². The molecular formula is C12H19NO3S. The minimum Gasteiger partial charge on any atom is -0.396 e. The first kappa shape index (κ1) is 14.2. The molecule has 0 aliphatic rings. The normalized spacial score (nSPS) is 15.5. The van der Waals surface area contributed by atoms with Gasteiger partial charge in [-0.15, -0.1) is 0 Å². The zero-order valence-electron chi connectivity index (χ0n) is 10.1. The molecule has 0 amide bonds. The zero-order valence-corrected chi connectivity index (χ0v) is 10.9. The van der Waals surface area contributed by atoms with Crippen molar-refractivity contribution < 1.29 is 13.5 Å². The second-order valence-corrected chi connectivity index (χ2v) is 6.23. The molecule has 0 aliphatic heterocycles. The van der Waals surface area contributed by atoms with Crippen LogP contribution in [0.1, 0.15) is 24.9 Å². The number of aliphatic hydroxyl groups is 1. The van der Waals surface area contributed by atoms with Gasteiger partial charge in [0.2, 0.25) is 0 Å². The van der Waals surface area contributed by atoms with Crippen molar-refractivity contribution in [2.45, 2.75) is 24.3 Å².